The smallest absolute Gasteiger partial charge is 0.246 e. The molecule has 2 heterocycles. The van der Waals surface area contributed by atoms with Crippen LogP contribution in [0.25, 0.3) is 12.2 Å². The number of nitrogens with one attached hydrogen (secondary N) is 6. The second-order valence-corrected chi connectivity index (χ2v) is 23.3. The maximum absolute atomic E-state index is 14.7. The second kappa shape index (κ2) is 26.6. The summed E-state index contributed by atoms with van der Waals surface area (Å²) in [5, 5.41) is 17.8. The van der Waals surface area contributed by atoms with Gasteiger partial charge in [-0.25, -0.2) is 0 Å². The number of rotatable bonds is 20. The van der Waals surface area contributed by atoms with E-state index in [1.807, 2.05) is 78.0 Å². The predicted molar refractivity (Wildman–Crippen MR) is 308 cm³/mol. The van der Waals surface area contributed by atoms with Crippen LogP contribution in [-0.4, -0.2) is 120 Å². The number of likely N-dealkylation sites (N-methyl/N-ethyl adjacent to an activating group) is 2. The van der Waals surface area contributed by atoms with Gasteiger partial charge in [0.2, 0.25) is 35.4 Å². The number of Topliss-reactive ketones (excluding diaryl/α,β-unsaturated/α-hetero) is 2. The van der Waals surface area contributed by atoms with Crippen molar-refractivity contribution >= 4 is 84.0 Å². The van der Waals surface area contributed by atoms with Crippen molar-refractivity contribution in [1.29, 1.82) is 0 Å². The van der Waals surface area contributed by atoms with Crippen LogP contribution >= 0.6 is 24.8 Å². The third-order valence-corrected chi connectivity index (χ3v) is 15.6. The minimum atomic E-state index is -0.971. The molecule has 2 saturated heterocycles. The first-order valence-corrected chi connectivity index (χ1v) is 26.8. The highest BCUT2D eigenvalue weighted by Gasteiger charge is 2.47. The van der Waals surface area contributed by atoms with Gasteiger partial charge in [-0.3, -0.25) is 38.4 Å². The van der Waals surface area contributed by atoms with Crippen LogP contribution in [0.4, 0.5) is 0 Å². The number of benzene rings is 3. The van der Waals surface area contributed by atoms with Gasteiger partial charge < -0.3 is 41.7 Å². The molecule has 0 radical (unpaired) electrons. The Bertz CT molecular complexity index is 2620. The van der Waals surface area contributed by atoms with Crippen LogP contribution in [0, 0.1) is 22.7 Å². The molecule has 0 spiro atoms. The van der Waals surface area contributed by atoms with E-state index in [1.165, 1.54) is 20.9 Å². The largest absolute Gasteiger partial charge is 0.350 e. The molecule has 78 heavy (non-hydrogen) atoms. The molecule has 2 fully saturated rings. The van der Waals surface area contributed by atoms with Crippen LogP contribution in [0.15, 0.2) is 72.8 Å². The Morgan fingerprint density at radius 1 is 0.564 bits per heavy atom. The molecule has 6 N–H and O–H groups in total. The van der Waals surface area contributed by atoms with Crippen LogP contribution in [0.5, 0.6) is 0 Å². The Morgan fingerprint density at radius 3 is 1.29 bits per heavy atom. The molecular formula is C60H80Cl2N8O8. The number of fused-ring (bicyclic) bond motifs is 2. The lowest BCUT2D eigenvalue weighted by Gasteiger charge is -2.36. The van der Waals surface area contributed by atoms with Crippen LogP contribution in [0.3, 0.4) is 0 Å². The quantitative estimate of drug-likeness (QED) is 0.0709. The van der Waals surface area contributed by atoms with Gasteiger partial charge in [-0.1, -0.05) is 120 Å². The van der Waals surface area contributed by atoms with E-state index in [0.717, 1.165) is 35.1 Å². The van der Waals surface area contributed by atoms with Gasteiger partial charge in [0.25, 0.3) is 0 Å². The first-order chi connectivity index (χ1) is 36.0. The number of amides is 6. The fourth-order valence-corrected chi connectivity index (χ4v) is 10.8. The molecule has 16 nitrogen and oxygen atoms in total. The summed E-state index contributed by atoms with van der Waals surface area (Å²) in [4.78, 5) is 116. The molecule has 6 amide bonds. The van der Waals surface area contributed by atoms with Crippen molar-refractivity contribution in [2.24, 2.45) is 22.7 Å². The summed E-state index contributed by atoms with van der Waals surface area (Å²) in [6, 6.07) is 13.6. The summed E-state index contributed by atoms with van der Waals surface area (Å²) in [7, 11) is 3.31. The van der Waals surface area contributed by atoms with E-state index >= 15 is 0 Å². The fourth-order valence-electron chi connectivity index (χ4n) is 10.8. The zero-order chi connectivity index (χ0) is 55.2. The van der Waals surface area contributed by atoms with Crippen molar-refractivity contribution in [2.45, 2.75) is 143 Å². The molecular weight excluding hydrogens is 1030 g/mol. The number of hydrogen-bond donors (Lipinski definition) is 6. The van der Waals surface area contributed by atoms with Gasteiger partial charge in [-0.15, -0.1) is 24.8 Å². The summed E-state index contributed by atoms with van der Waals surface area (Å²) in [6.45, 7) is 15.2. The molecule has 3 aromatic carbocycles. The molecule has 2 aliphatic carbocycles. The average Bonchev–Trinajstić information content (AvgIpc) is 4.30. The molecule has 3 aromatic rings. The van der Waals surface area contributed by atoms with Crippen molar-refractivity contribution in [2.75, 3.05) is 27.2 Å². The molecule has 0 bridgehead atoms. The highest BCUT2D eigenvalue weighted by atomic mass is 35.5. The molecule has 422 valence electrons. The molecule has 18 heteroatoms. The standard InChI is InChI=1S/C60H78N8O8.2ClH/c1-35(61-9)53(71)65-51(59(3,4)5)57(75)67-33-37(26-47(67)55(73)63-31-43-22-11-16-39-18-14-24-45(39)43)28-49(69)41-20-13-21-42(30-41)50(70)29-38-27-48(56(74)64-32-44-23-12-17-40-19-15-25-46(40)44)68(34-38)58(76)52(60(6,7)8)66-54(72)36(2)62-10;;/h11-17,20-25,30,35-38,47-48,51-52,61-62H,18-19,26-29,31-34H2,1-10H3,(H,63,73)(H,64,74)(H,65,71)(H,66,72);2*1H/t35-,36-,37+,38+,47-,48-,51+,52+;;/m0../s1. The van der Waals surface area contributed by atoms with E-state index in [2.05, 4.69) is 56.2 Å². The van der Waals surface area contributed by atoms with Gasteiger partial charge in [-0.2, -0.15) is 0 Å². The Hall–Kier alpha value is -6.20. The molecule has 8 atom stereocenters. The highest BCUT2D eigenvalue weighted by molar-refractivity contribution is 6.02. The Balaban J connectivity index is 0.00000560. The molecule has 4 aliphatic rings. The van der Waals surface area contributed by atoms with E-state index in [-0.39, 0.29) is 112 Å². The zero-order valence-corrected chi connectivity index (χ0v) is 48.4. The lowest BCUT2D eigenvalue weighted by atomic mass is 9.85. The minimum absolute atomic E-state index is 0. The van der Waals surface area contributed by atoms with Crippen LogP contribution < -0.4 is 31.9 Å². The zero-order valence-electron chi connectivity index (χ0n) is 46.7. The van der Waals surface area contributed by atoms with Crippen molar-refractivity contribution < 1.29 is 38.4 Å². The number of allylic oxidation sites excluding steroid dienone is 2. The number of likely N-dealkylation sites (tertiary alicyclic amines) is 2. The molecule has 0 unspecified atom stereocenters. The third-order valence-electron chi connectivity index (χ3n) is 15.6. The van der Waals surface area contributed by atoms with Gasteiger partial charge in [0.1, 0.15) is 24.2 Å². The van der Waals surface area contributed by atoms with Gasteiger partial charge in [0.15, 0.2) is 11.6 Å². The lowest BCUT2D eigenvalue weighted by molar-refractivity contribution is -0.144. The van der Waals surface area contributed by atoms with E-state index in [1.54, 1.807) is 52.2 Å². The SMILES string of the molecule is CN[C@@H](C)C(=O)N[C@H](C(=O)N1C[C@@H](CC(=O)c2cccc(C(=O)C[C@H]3C[C@@H](C(=O)NCc4cccc5c4C=CC5)N(C(=O)[C@@H](NC(=O)[C@H](C)NC)C(C)(C)C)C3)c2)C[C@H]1C(=O)NCc1cccc2c1C=CC2)C(C)(C)C.Cl.Cl. The molecule has 7 rings (SSSR count). The summed E-state index contributed by atoms with van der Waals surface area (Å²) >= 11 is 0. The van der Waals surface area contributed by atoms with E-state index in [9.17, 15) is 38.4 Å². The normalized spacial score (nSPS) is 19.8. The number of carbonyl (C=O) groups excluding carboxylic acids is 8. The number of carbonyl (C=O) groups is 8. The summed E-state index contributed by atoms with van der Waals surface area (Å²) in [5.41, 5.74) is 5.53. The third kappa shape index (κ3) is 14.7. The fraction of sp³-hybridized carbons (Fsp3) is 0.500. The van der Waals surface area contributed by atoms with Crippen molar-refractivity contribution in [1.82, 2.24) is 41.7 Å². The number of ketones is 2. The van der Waals surface area contributed by atoms with Crippen molar-refractivity contribution in [3.05, 3.63) is 117 Å². The summed E-state index contributed by atoms with van der Waals surface area (Å²) in [5.74, 6) is -3.64. The van der Waals surface area contributed by atoms with Crippen molar-refractivity contribution in [3.8, 4) is 0 Å². The number of halogens is 2. The number of hydrogen-bond acceptors (Lipinski definition) is 10. The Kier molecular flexibility index (Phi) is 21.4. The average molecular weight is 1110 g/mol. The molecule has 0 aromatic heterocycles. The topological polar surface area (TPSA) is 215 Å². The van der Waals surface area contributed by atoms with Gasteiger partial charge in [-0.05, 0) is 116 Å². The molecule has 2 aliphatic heterocycles. The monoisotopic (exact) mass is 1110 g/mol. The van der Waals surface area contributed by atoms with Gasteiger partial charge >= 0.3 is 0 Å². The highest BCUT2D eigenvalue weighted by Crippen LogP contribution is 2.34. The van der Waals surface area contributed by atoms with Gasteiger partial charge in [0.05, 0.1) is 12.1 Å². The second-order valence-electron chi connectivity index (χ2n) is 23.3. The Morgan fingerprint density at radius 2 is 0.936 bits per heavy atom. The summed E-state index contributed by atoms with van der Waals surface area (Å²) < 4.78 is 0. The maximum atomic E-state index is 14.7. The van der Waals surface area contributed by atoms with E-state index in [4.69, 9.17) is 0 Å². The number of nitrogens with zero attached hydrogens (tertiary/aromatic N) is 2. The van der Waals surface area contributed by atoms with Crippen LogP contribution in [0.1, 0.15) is 135 Å². The Labute approximate surface area is 472 Å². The van der Waals surface area contributed by atoms with Crippen LogP contribution in [-0.2, 0) is 54.7 Å². The van der Waals surface area contributed by atoms with E-state index in [0.29, 0.717) is 11.1 Å². The lowest BCUT2D eigenvalue weighted by Crippen LogP contribution is -2.59. The van der Waals surface area contributed by atoms with E-state index < -0.39 is 70.7 Å². The first kappa shape index (κ1) is 62.6. The minimum Gasteiger partial charge on any atom is -0.350 e. The maximum Gasteiger partial charge on any atom is 0.246 e. The predicted octanol–water partition coefficient (Wildman–Crippen LogP) is 6.16. The summed E-state index contributed by atoms with van der Waals surface area (Å²) in [6.07, 6.45) is 10.3. The van der Waals surface area contributed by atoms with Gasteiger partial charge in [0, 0.05) is 50.1 Å². The van der Waals surface area contributed by atoms with Crippen LogP contribution in [0.2, 0.25) is 0 Å². The molecule has 0 saturated carbocycles. The first-order valence-electron chi connectivity index (χ1n) is 26.8. The van der Waals surface area contributed by atoms with Crippen molar-refractivity contribution in [3.63, 3.8) is 0 Å².